The number of carbonyl (C=O) groups excluding carboxylic acids is 2. The summed E-state index contributed by atoms with van der Waals surface area (Å²) in [5, 5.41) is 10.2. The fourth-order valence-electron chi connectivity index (χ4n) is 3.09. The zero-order chi connectivity index (χ0) is 19.2. The lowest BCUT2D eigenvalue weighted by atomic mass is 9.83. The molecule has 0 unspecified atom stereocenters. The highest BCUT2D eigenvalue weighted by molar-refractivity contribution is 7.92. The van der Waals surface area contributed by atoms with Crippen molar-refractivity contribution < 1.29 is 23.1 Å². The zero-order valence-electron chi connectivity index (χ0n) is 13.8. The van der Waals surface area contributed by atoms with E-state index in [1.54, 1.807) is 30.3 Å². The maximum atomic E-state index is 13.0. The molecule has 0 aromatic heterocycles. The third-order valence-corrected chi connectivity index (χ3v) is 5.73. The summed E-state index contributed by atoms with van der Waals surface area (Å²) in [6, 6.07) is 16.4. The van der Waals surface area contributed by atoms with Crippen LogP contribution in [0, 0.1) is 0 Å². The molecule has 0 saturated heterocycles. The molecule has 4 rings (SSSR count). The highest BCUT2D eigenvalue weighted by Crippen LogP contribution is 2.37. The topological polar surface area (TPSA) is 101 Å². The van der Waals surface area contributed by atoms with Crippen molar-refractivity contribution in [2.24, 2.45) is 0 Å². The van der Waals surface area contributed by atoms with E-state index in [1.807, 2.05) is 0 Å². The fourth-order valence-corrected chi connectivity index (χ4v) is 4.19. The molecular weight excluding hydrogens is 366 g/mol. The van der Waals surface area contributed by atoms with E-state index in [4.69, 9.17) is 0 Å². The SMILES string of the molecule is O=C1c2ccccc2C(=O)c2c(NS(=O)(=O)c3ccccc3)ccc(O)c21. The molecule has 1 aliphatic rings. The lowest BCUT2D eigenvalue weighted by Gasteiger charge is -2.21. The van der Waals surface area contributed by atoms with Crippen LogP contribution >= 0.6 is 0 Å². The summed E-state index contributed by atoms with van der Waals surface area (Å²) < 4.78 is 27.6. The number of aromatic hydroxyl groups is 1. The zero-order valence-corrected chi connectivity index (χ0v) is 14.7. The molecule has 134 valence electrons. The first-order chi connectivity index (χ1) is 12.9. The van der Waals surface area contributed by atoms with Crippen molar-refractivity contribution in [3.63, 3.8) is 0 Å². The monoisotopic (exact) mass is 379 g/mol. The maximum absolute atomic E-state index is 13.0. The third-order valence-electron chi connectivity index (χ3n) is 4.35. The Balaban J connectivity index is 1.89. The van der Waals surface area contributed by atoms with E-state index in [9.17, 15) is 23.1 Å². The van der Waals surface area contributed by atoms with Gasteiger partial charge in [-0.2, -0.15) is 0 Å². The Hall–Kier alpha value is -3.45. The fraction of sp³-hybridized carbons (Fsp3) is 0. The van der Waals surface area contributed by atoms with Crippen LogP contribution in [0.5, 0.6) is 5.75 Å². The Morgan fingerprint density at radius 1 is 0.704 bits per heavy atom. The van der Waals surface area contributed by atoms with Crippen molar-refractivity contribution in [1.29, 1.82) is 0 Å². The normalized spacial score (nSPS) is 13.0. The van der Waals surface area contributed by atoms with Crippen molar-refractivity contribution in [3.8, 4) is 5.75 Å². The predicted octanol–water partition coefficient (Wildman–Crippen LogP) is 2.97. The van der Waals surface area contributed by atoms with Gasteiger partial charge in [0.15, 0.2) is 11.6 Å². The van der Waals surface area contributed by atoms with E-state index in [1.165, 1.54) is 36.4 Å². The Labute approximate surface area is 155 Å². The molecule has 0 bridgehead atoms. The van der Waals surface area contributed by atoms with Crippen LogP contribution in [0.4, 0.5) is 5.69 Å². The average Bonchev–Trinajstić information content (AvgIpc) is 2.68. The molecule has 3 aromatic rings. The van der Waals surface area contributed by atoms with Gasteiger partial charge < -0.3 is 5.11 Å². The van der Waals surface area contributed by atoms with Gasteiger partial charge in [0.05, 0.1) is 21.7 Å². The number of anilines is 1. The minimum Gasteiger partial charge on any atom is -0.507 e. The molecule has 6 nitrogen and oxygen atoms in total. The molecule has 0 spiro atoms. The molecule has 2 N–H and O–H groups in total. The molecule has 7 heteroatoms. The van der Waals surface area contributed by atoms with Gasteiger partial charge in [-0.05, 0) is 24.3 Å². The number of hydrogen-bond acceptors (Lipinski definition) is 5. The summed E-state index contributed by atoms with van der Waals surface area (Å²) >= 11 is 0. The number of rotatable bonds is 3. The van der Waals surface area contributed by atoms with Crippen molar-refractivity contribution in [1.82, 2.24) is 0 Å². The quantitative estimate of drug-likeness (QED) is 0.533. The second-order valence-electron chi connectivity index (χ2n) is 6.00. The summed E-state index contributed by atoms with van der Waals surface area (Å²) in [6.07, 6.45) is 0. The molecule has 1 aliphatic carbocycles. The summed E-state index contributed by atoms with van der Waals surface area (Å²) in [5.41, 5.74) is -0.0706. The van der Waals surface area contributed by atoms with Gasteiger partial charge in [-0.25, -0.2) is 8.42 Å². The van der Waals surface area contributed by atoms with Gasteiger partial charge in [0.2, 0.25) is 0 Å². The van der Waals surface area contributed by atoms with Gasteiger partial charge in [-0.15, -0.1) is 0 Å². The number of benzene rings is 3. The summed E-state index contributed by atoms with van der Waals surface area (Å²) in [5.74, 6) is -1.43. The van der Waals surface area contributed by atoms with Crippen LogP contribution < -0.4 is 4.72 Å². The number of nitrogens with one attached hydrogen (secondary N) is 1. The van der Waals surface area contributed by atoms with Gasteiger partial charge in [0.1, 0.15) is 5.75 Å². The Kier molecular flexibility index (Phi) is 3.82. The Morgan fingerprint density at radius 2 is 1.26 bits per heavy atom. The first-order valence-corrected chi connectivity index (χ1v) is 9.51. The minimum atomic E-state index is -3.97. The second kappa shape index (κ2) is 6.07. The van der Waals surface area contributed by atoms with Gasteiger partial charge in [0.25, 0.3) is 10.0 Å². The molecule has 0 fully saturated rings. The molecule has 3 aromatic carbocycles. The highest BCUT2D eigenvalue weighted by atomic mass is 32.2. The number of fused-ring (bicyclic) bond motifs is 2. The van der Waals surface area contributed by atoms with Crippen LogP contribution in [-0.2, 0) is 10.0 Å². The standard InChI is InChI=1S/C20H13NO5S/c22-16-11-10-15(21-27(25,26)12-6-2-1-3-7-12)17-18(16)20(24)14-9-5-4-8-13(14)19(17)23/h1-11,21-22H. The van der Waals surface area contributed by atoms with Crippen molar-refractivity contribution in [2.75, 3.05) is 4.72 Å². The lowest BCUT2D eigenvalue weighted by Crippen LogP contribution is -2.24. The molecule has 0 atom stereocenters. The summed E-state index contributed by atoms with van der Waals surface area (Å²) in [7, 11) is -3.97. The van der Waals surface area contributed by atoms with Gasteiger partial charge in [-0.1, -0.05) is 42.5 Å². The first-order valence-electron chi connectivity index (χ1n) is 8.02. The number of ketones is 2. The number of phenolic OH excluding ortho intramolecular Hbond substituents is 1. The van der Waals surface area contributed by atoms with E-state index >= 15 is 0 Å². The predicted molar refractivity (Wildman–Crippen MR) is 98.7 cm³/mol. The average molecular weight is 379 g/mol. The molecular formula is C20H13NO5S. The largest absolute Gasteiger partial charge is 0.507 e. The second-order valence-corrected chi connectivity index (χ2v) is 7.69. The van der Waals surface area contributed by atoms with Crippen LogP contribution in [0.2, 0.25) is 0 Å². The third kappa shape index (κ3) is 2.69. The Bertz CT molecular complexity index is 1200. The molecule has 0 heterocycles. The first kappa shape index (κ1) is 17.0. The van der Waals surface area contributed by atoms with Crippen LogP contribution in [0.15, 0.2) is 71.6 Å². The van der Waals surface area contributed by atoms with Crippen LogP contribution in [0.3, 0.4) is 0 Å². The summed E-state index contributed by atoms with van der Waals surface area (Å²) in [6.45, 7) is 0. The lowest BCUT2D eigenvalue weighted by molar-refractivity contribution is 0.0977. The van der Waals surface area contributed by atoms with Crippen LogP contribution in [0.25, 0.3) is 0 Å². The van der Waals surface area contributed by atoms with E-state index in [-0.39, 0.29) is 38.6 Å². The number of carbonyl (C=O) groups is 2. The van der Waals surface area contributed by atoms with Crippen molar-refractivity contribution in [2.45, 2.75) is 4.90 Å². The molecule has 0 aliphatic heterocycles. The van der Waals surface area contributed by atoms with E-state index < -0.39 is 21.6 Å². The molecule has 0 saturated carbocycles. The smallest absolute Gasteiger partial charge is 0.261 e. The van der Waals surface area contributed by atoms with Crippen LogP contribution in [-0.4, -0.2) is 25.1 Å². The number of hydrogen-bond donors (Lipinski definition) is 2. The van der Waals surface area contributed by atoms with Crippen molar-refractivity contribution in [3.05, 3.63) is 89.0 Å². The minimum absolute atomic E-state index is 0.0156. The Morgan fingerprint density at radius 3 is 1.89 bits per heavy atom. The number of sulfonamides is 1. The molecule has 0 amide bonds. The van der Waals surface area contributed by atoms with Crippen LogP contribution in [0.1, 0.15) is 31.8 Å². The number of phenols is 1. The van der Waals surface area contributed by atoms with E-state index in [0.717, 1.165) is 0 Å². The van der Waals surface area contributed by atoms with E-state index in [0.29, 0.717) is 0 Å². The summed E-state index contributed by atoms with van der Waals surface area (Å²) in [4.78, 5) is 25.7. The van der Waals surface area contributed by atoms with Crippen molar-refractivity contribution >= 4 is 27.3 Å². The van der Waals surface area contributed by atoms with Gasteiger partial charge >= 0.3 is 0 Å². The highest BCUT2D eigenvalue weighted by Gasteiger charge is 2.34. The van der Waals surface area contributed by atoms with Gasteiger partial charge in [0, 0.05) is 11.1 Å². The maximum Gasteiger partial charge on any atom is 0.261 e. The van der Waals surface area contributed by atoms with E-state index in [2.05, 4.69) is 4.72 Å². The van der Waals surface area contributed by atoms with Gasteiger partial charge in [-0.3, -0.25) is 14.3 Å². The molecule has 0 radical (unpaired) electrons. The molecule has 27 heavy (non-hydrogen) atoms.